The average Bonchev–Trinajstić information content (AvgIpc) is 3.11. The summed E-state index contributed by atoms with van der Waals surface area (Å²) < 4.78 is 33.1. The molecule has 1 fully saturated rings. The van der Waals surface area contributed by atoms with E-state index in [1.54, 1.807) is 35.0 Å². The Morgan fingerprint density at radius 2 is 1.71 bits per heavy atom. The molecule has 6 nitrogen and oxygen atoms in total. The van der Waals surface area contributed by atoms with Crippen LogP contribution in [0.1, 0.15) is 62.5 Å². The van der Waals surface area contributed by atoms with Crippen LogP contribution >= 0.6 is 0 Å². The van der Waals surface area contributed by atoms with Gasteiger partial charge in [-0.1, -0.05) is 25.1 Å². The minimum atomic E-state index is -0.370. The van der Waals surface area contributed by atoms with Crippen molar-refractivity contribution in [2.75, 3.05) is 51.3 Å². The summed E-state index contributed by atoms with van der Waals surface area (Å²) in [5, 5.41) is 0. The fraction of sp³-hybridized carbons (Fsp3) is 0.533. The second-order valence-electron chi connectivity index (χ2n) is 10.5. The summed E-state index contributed by atoms with van der Waals surface area (Å²) in [6, 6.07) is 11.1. The van der Waals surface area contributed by atoms with E-state index < -0.39 is 0 Å². The molecular weight excluding hydrogens is 488 g/mol. The topological polar surface area (TPSA) is 53.1 Å². The number of likely N-dealkylation sites (tertiary alicyclic amines) is 1. The fourth-order valence-electron chi connectivity index (χ4n) is 5.55. The molecule has 2 aromatic carbocycles. The van der Waals surface area contributed by atoms with E-state index in [9.17, 15) is 18.4 Å². The Balaban J connectivity index is 1.35. The number of amides is 2. The van der Waals surface area contributed by atoms with Gasteiger partial charge in [-0.05, 0) is 92.9 Å². The van der Waals surface area contributed by atoms with E-state index in [0.717, 1.165) is 62.7 Å². The van der Waals surface area contributed by atoms with Crippen LogP contribution in [-0.4, -0.2) is 68.2 Å². The quantitative estimate of drug-likeness (QED) is 0.435. The second kappa shape index (κ2) is 13.2. The minimum absolute atomic E-state index is 0.0165. The lowest BCUT2D eigenvalue weighted by molar-refractivity contribution is -0.120. The zero-order valence-corrected chi connectivity index (χ0v) is 22.5. The van der Waals surface area contributed by atoms with Crippen LogP contribution in [-0.2, 0) is 9.53 Å². The van der Waals surface area contributed by atoms with Crippen LogP contribution in [0.2, 0.25) is 0 Å². The summed E-state index contributed by atoms with van der Waals surface area (Å²) in [7, 11) is 1.77. The summed E-state index contributed by atoms with van der Waals surface area (Å²) >= 11 is 0. The first-order valence-electron chi connectivity index (χ1n) is 13.8. The molecule has 2 amide bonds. The lowest BCUT2D eigenvalue weighted by Crippen LogP contribution is -2.44. The van der Waals surface area contributed by atoms with Crippen molar-refractivity contribution < 1.29 is 23.1 Å². The molecule has 2 aliphatic rings. The monoisotopic (exact) mass is 527 g/mol. The highest BCUT2D eigenvalue weighted by atomic mass is 19.1. The smallest absolute Gasteiger partial charge is 0.409 e. The SMILES string of the molecule is CCCOC(=O)N(C)CCC1CCN(CC(=O)N2CCCC(c3ccc(F)cc3)c3ccc(F)cc32)CC1. The van der Waals surface area contributed by atoms with Crippen molar-refractivity contribution in [3.8, 4) is 0 Å². The first-order chi connectivity index (χ1) is 18.4. The molecule has 2 aromatic rings. The molecule has 0 bridgehead atoms. The van der Waals surface area contributed by atoms with E-state index in [0.29, 0.717) is 37.8 Å². The van der Waals surface area contributed by atoms with E-state index in [1.165, 1.54) is 24.3 Å². The maximum Gasteiger partial charge on any atom is 0.409 e. The molecule has 1 atom stereocenters. The van der Waals surface area contributed by atoms with Crippen molar-refractivity contribution >= 4 is 17.7 Å². The molecule has 4 rings (SSSR count). The number of nitrogens with zero attached hydrogens (tertiary/aromatic N) is 3. The molecular formula is C30H39F2N3O3. The summed E-state index contributed by atoms with van der Waals surface area (Å²) in [5.41, 5.74) is 2.50. The third-order valence-electron chi connectivity index (χ3n) is 7.79. The van der Waals surface area contributed by atoms with Crippen molar-refractivity contribution in [1.29, 1.82) is 0 Å². The van der Waals surface area contributed by atoms with Gasteiger partial charge in [0.25, 0.3) is 0 Å². The molecule has 0 N–H and O–H groups in total. The van der Waals surface area contributed by atoms with E-state index >= 15 is 0 Å². The normalized spacial score (nSPS) is 18.5. The summed E-state index contributed by atoms with van der Waals surface area (Å²) in [5.74, 6) is -0.188. The highest BCUT2D eigenvalue weighted by Crippen LogP contribution is 2.39. The van der Waals surface area contributed by atoms with Gasteiger partial charge in [-0.25, -0.2) is 13.6 Å². The Hall–Kier alpha value is -3.00. The molecule has 2 aliphatic heterocycles. The van der Waals surface area contributed by atoms with Crippen LogP contribution in [0.15, 0.2) is 42.5 Å². The van der Waals surface area contributed by atoms with Crippen molar-refractivity contribution in [2.45, 2.75) is 51.4 Å². The van der Waals surface area contributed by atoms with Crippen LogP contribution in [0.4, 0.5) is 19.3 Å². The lowest BCUT2D eigenvalue weighted by Gasteiger charge is -2.34. The number of anilines is 1. The van der Waals surface area contributed by atoms with Crippen molar-refractivity contribution in [2.24, 2.45) is 5.92 Å². The Morgan fingerprint density at radius 3 is 2.42 bits per heavy atom. The Morgan fingerprint density at radius 1 is 1.00 bits per heavy atom. The van der Waals surface area contributed by atoms with Gasteiger partial charge in [0.15, 0.2) is 0 Å². The van der Waals surface area contributed by atoms with Crippen molar-refractivity contribution in [3.05, 3.63) is 65.2 Å². The molecule has 0 radical (unpaired) electrons. The van der Waals surface area contributed by atoms with Crippen molar-refractivity contribution in [3.63, 3.8) is 0 Å². The summed E-state index contributed by atoms with van der Waals surface area (Å²) in [6.07, 6.45) is 4.99. The van der Waals surface area contributed by atoms with E-state index in [-0.39, 0.29) is 29.6 Å². The van der Waals surface area contributed by atoms with Gasteiger partial charge in [0.1, 0.15) is 11.6 Å². The fourth-order valence-corrected chi connectivity index (χ4v) is 5.55. The van der Waals surface area contributed by atoms with Crippen molar-refractivity contribution in [1.82, 2.24) is 9.80 Å². The third kappa shape index (κ3) is 7.10. The van der Waals surface area contributed by atoms with Crippen LogP contribution in [0.25, 0.3) is 0 Å². The highest BCUT2D eigenvalue weighted by Gasteiger charge is 2.30. The summed E-state index contributed by atoms with van der Waals surface area (Å²) in [6.45, 7) is 5.55. The van der Waals surface area contributed by atoms with E-state index in [2.05, 4.69) is 4.90 Å². The molecule has 1 unspecified atom stereocenters. The van der Waals surface area contributed by atoms with Crippen LogP contribution in [0, 0.1) is 17.6 Å². The number of rotatable bonds is 8. The number of benzene rings is 2. The highest BCUT2D eigenvalue weighted by molar-refractivity contribution is 5.96. The molecule has 206 valence electrons. The number of piperidine rings is 1. The lowest BCUT2D eigenvalue weighted by atomic mass is 9.87. The Labute approximate surface area is 224 Å². The predicted octanol–water partition coefficient (Wildman–Crippen LogP) is 5.80. The molecule has 2 heterocycles. The molecule has 0 saturated carbocycles. The van der Waals surface area contributed by atoms with Gasteiger partial charge >= 0.3 is 6.09 Å². The van der Waals surface area contributed by atoms with Gasteiger partial charge in [0.05, 0.1) is 18.8 Å². The molecule has 0 spiro atoms. The zero-order chi connectivity index (χ0) is 27.1. The minimum Gasteiger partial charge on any atom is -0.449 e. The first-order valence-corrected chi connectivity index (χ1v) is 13.8. The van der Waals surface area contributed by atoms with E-state index in [4.69, 9.17) is 4.74 Å². The second-order valence-corrected chi connectivity index (χ2v) is 10.5. The van der Waals surface area contributed by atoms with Crippen LogP contribution in [0.3, 0.4) is 0 Å². The third-order valence-corrected chi connectivity index (χ3v) is 7.79. The molecule has 0 aliphatic carbocycles. The predicted molar refractivity (Wildman–Crippen MR) is 144 cm³/mol. The van der Waals surface area contributed by atoms with Gasteiger partial charge in [0.2, 0.25) is 5.91 Å². The van der Waals surface area contributed by atoms with Gasteiger partial charge in [-0.2, -0.15) is 0 Å². The number of carbonyl (C=O) groups excluding carboxylic acids is 2. The first kappa shape index (κ1) is 28.0. The summed E-state index contributed by atoms with van der Waals surface area (Å²) in [4.78, 5) is 31.0. The molecule has 0 aromatic heterocycles. The van der Waals surface area contributed by atoms with Gasteiger partial charge in [-0.3, -0.25) is 9.69 Å². The van der Waals surface area contributed by atoms with Gasteiger partial charge in [0, 0.05) is 26.1 Å². The Kier molecular flexibility index (Phi) is 9.72. The number of fused-ring (bicyclic) bond motifs is 1. The van der Waals surface area contributed by atoms with Gasteiger partial charge in [-0.15, -0.1) is 0 Å². The van der Waals surface area contributed by atoms with E-state index in [1.807, 2.05) is 6.92 Å². The standard InChI is InChI=1S/C30H39F2N3O3/c1-3-19-38-30(37)33(2)16-12-22-13-17-34(18-14-22)21-29(36)35-15-4-5-26(23-6-8-24(31)9-7-23)27-11-10-25(32)20-28(27)35/h6-11,20,22,26H,3-5,12-19,21H2,1-2H3. The largest absolute Gasteiger partial charge is 0.449 e. The average molecular weight is 528 g/mol. The molecule has 8 heteroatoms. The maximum atomic E-state index is 14.4. The zero-order valence-electron chi connectivity index (χ0n) is 22.5. The maximum absolute atomic E-state index is 14.4. The Bertz CT molecular complexity index is 1090. The number of ether oxygens (including phenoxy) is 1. The number of hydrogen-bond acceptors (Lipinski definition) is 4. The van der Waals surface area contributed by atoms with Gasteiger partial charge < -0.3 is 14.5 Å². The molecule has 38 heavy (non-hydrogen) atoms. The number of halogens is 2. The van der Waals surface area contributed by atoms with Crippen LogP contribution < -0.4 is 4.90 Å². The van der Waals surface area contributed by atoms with Crippen LogP contribution in [0.5, 0.6) is 0 Å². The number of carbonyl (C=O) groups is 2. The molecule has 1 saturated heterocycles. The number of hydrogen-bond donors (Lipinski definition) is 0.